The van der Waals surface area contributed by atoms with Crippen molar-refractivity contribution in [2.45, 2.75) is 26.4 Å². The fourth-order valence-corrected chi connectivity index (χ4v) is 1.35. The van der Waals surface area contributed by atoms with E-state index in [0.29, 0.717) is 30.5 Å². The first-order valence-electron chi connectivity index (χ1n) is 6.33. The van der Waals surface area contributed by atoms with Crippen molar-refractivity contribution in [2.24, 2.45) is 5.73 Å². The van der Waals surface area contributed by atoms with Crippen molar-refractivity contribution < 1.29 is 14.3 Å². The number of nitrogens with zero attached hydrogens (tertiary/aromatic N) is 1. The molecule has 0 aliphatic carbocycles. The summed E-state index contributed by atoms with van der Waals surface area (Å²) in [4.78, 5) is 14.8. The van der Waals surface area contributed by atoms with Crippen LogP contribution in [0.25, 0.3) is 0 Å². The number of aromatic nitrogens is 1. The van der Waals surface area contributed by atoms with Crippen LogP contribution in [0.2, 0.25) is 0 Å². The molecule has 0 aliphatic rings. The Kier molecular flexibility index (Phi) is 5.57. The Balaban J connectivity index is 2.51. The molecule has 20 heavy (non-hydrogen) atoms. The van der Waals surface area contributed by atoms with Crippen molar-refractivity contribution in [2.75, 3.05) is 30.8 Å². The standard InChI is InChI=1S/C13H22N4O3/c1-13(2,3)20-12-9(14)4-5-11(17-12)16-6-7-19-8-10(15)18/h4-5H,6-8,14H2,1-3H3,(H2,15,18)(H,16,17). The summed E-state index contributed by atoms with van der Waals surface area (Å²) in [7, 11) is 0. The summed E-state index contributed by atoms with van der Waals surface area (Å²) < 4.78 is 10.7. The zero-order valence-corrected chi connectivity index (χ0v) is 12.1. The van der Waals surface area contributed by atoms with Gasteiger partial charge in [-0.3, -0.25) is 4.79 Å². The predicted molar refractivity (Wildman–Crippen MR) is 77.5 cm³/mol. The molecule has 0 atom stereocenters. The Morgan fingerprint density at radius 3 is 2.70 bits per heavy atom. The minimum atomic E-state index is -0.489. The molecule has 7 heteroatoms. The van der Waals surface area contributed by atoms with E-state index in [9.17, 15) is 4.79 Å². The molecule has 112 valence electrons. The first kappa shape index (κ1) is 16.0. The Morgan fingerprint density at radius 2 is 2.10 bits per heavy atom. The van der Waals surface area contributed by atoms with Crippen LogP contribution in [-0.4, -0.2) is 36.3 Å². The number of nitrogens with two attached hydrogens (primary N) is 2. The third-order valence-electron chi connectivity index (χ3n) is 2.09. The van der Waals surface area contributed by atoms with Gasteiger partial charge in [0.1, 0.15) is 18.0 Å². The Bertz CT molecular complexity index is 457. The van der Waals surface area contributed by atoms with Crippen molar-refractivity contribution >= 4 is 17.4 Å². The average Bonchev–Trinajstić information content (AvgIpc) is 2.30. The lowest BCUT2D eigenvalue weighted by atomic mass is 10.2. The number of pyridine rings is 1. The van der Waals surface area contributed by atoms with Gasteiger partial charge in [-0.05, 0) is 32.9 Å². The lowest BCUT2D eigenvalue weighted by Crippen LogP contribution is -2.24. The maximum Gasteiger partial charge on any atom is 0.243 e. The van der Waals surface area contributed by atoms with Crippen molar-refractivity contribution in [3.05, 3.63) is 12.1 Å². The van der Waals surface area contributed by atoms with Crippen LogP contribution >= 0.6 is 0 Å². The van der Waals surface area contributed by atoms with Crippen LogP contribution in [0.3, 0.4) is 0 Å². The fraction of sp³-hybridized carbons (Fsp3) is 0.538. The summed E-state index contributed by atoms with van der Waals surface area (Å²) >= 11 is 0. The van der Waals surface area contributed by atoms with Gasteiger partial charge in [0, 0.05) is 6.54 Å². The number of ether oxygens (including phenoxy) is 2. The van der Waals surface area contributed by atoms with Crippen LogP contribution in [0.5, 0.6) is 5.88 Å². The molecule has 5 N–H and O–H groups in total. The SMILES string of the molecule is CC(C)(C)Oc1nc(NCCOCC(N)=O)ccc1N. The normalized spacial score (nSPS) is 11.2. The first-order chi connectivity index (χ1) is 9.28. The average molecular weight is 282 g/mol. The lowest BCUT2D eigenvalue weighted by molar-refractivity contribution is -0.122. The number of primary amides is 1. The van der Waals surface area contributed by atoms with Crippen molar-refractivity contribution in [1.82, 2.24) is 4.98 Å². The van der Waals surface area contributed by atoms with E-state index in [1.54, 1.807) is 12.1 Å². The monoisotopic (exact) mass is 282 g/mol. The van der Waals surface area contributed by atoms with Gasteiger partial charge in [-0.25, -0.2) is 0 Å². The highest BCUT2D eigenvalue weighted by Crippen LogP contribution is 2.24. The summed E-state index contributed by atoms with van der Waals surface area (Å²) in [5.41, 5.74) is 10.9. The highest BCUT2D eigenvalue weighted by Gasteiger charge is 2.15. The molecule has 0 radical (unpaired) electrons. The molecule has 0 bridgehead atoms. The number of hydrogen-bond donors (Lipinski definition) is 3. The molecule has 0 aliphatic heterocycles. The Hall–Kier alpha value is -2.02. The third kappa shape index (κ3) is 6.24. The van der Waals surface area contributed by atoms with E-state index in [-0.39, 0.29) is 12.2 Å². The van der Waals surface area contributed by atoms with Crippen LogP contribution in [-0.2, 0) is 9.53 Å². The summed E-state index contributed by atoms with van der Waals surface area (Å²) in [6.07, 6.45) is 0. The van der Waals surface area contributed by atoms with Crippen LogP contribution in [0, 0.1) is 0 Å². The lowest BCUT2D eigenvalue weighted by Gasteiger charge is -2.21. The van der Waals surface area contributed by atoms with Crippen molar-refractivity contribution in [3.63, 3.8) is 0 Å². The summed E-state index contributed by atoms with van der Waals surface area (Å²) in [6.45, 7) is 6.53. The van der Waals surface area contributed by atoms with Crippen molar-refractivity contribution in [3.8, 4) is 5.88 Å². The molecule has 0 saturated heterocycles. The molecular formula is C13H22N4O3. The molecule has 1 heterocycles. The van der Waals surface area contributed by atoms with E-state index < -0.39 is 5.91 Å². The van der Waals surface area contributed by atoms with Gasteiger partial charge in [0.05, 0.1) is 12.3 Å². The maximum atomic E-state index is 10.5. The van der Waals surface area contributed by atoms with Crippen LogP contribution in [0.4, 0.5) is 11.5 Å². The fourth-order valence-electron chi connectivity index (χ4n) is 1.35. The molecule has 1 amide bonds. The highest BCUT2D eigenvalue weighted by atomic mass is 16.5. The first-order valence-corrected chi connectivity index (χ1v) is 6.33. The number of hydrogen-bond acceptors (Lipinski definition) is 6. The molecule has 1 rings (SSSR count). The van der Waals surface area contributed by atoms with E-state index in [0.717, 1.165) is 0 Å². The highest BCUT2D eigenvalue weighted by molar-refractivity contribution is 5.74. The van der Waals surface area contributed by atoms with Gasteiger partial charge >= 0.3 is 0 Å². The molecule has 0 fully saturated rings. The second kappa shape index (κ2) is 6.95. The zero-order chi connectivity index (χ0) is 15.2. The Labute approximate surface area is 118 Å². The zero-order valence-electron chi connectivity index (χ0n) is 12.1. The van der Waals surface area contributed by atoms with Gasteiger partial charge in [0.2, 0.25) is 11.8 Å². The van der Waals surface area contributed by atoms with Crippen LogP contribution in [0.1, 0.15) is 20.8 Å². The van der Waals surface area contributed by atoms with Gasteiger partial charge in [-0.1, -0.05) is 0 Å². The minimum absolute atomic E-state index is 0.0881. The van der Waals surface area contributed by atoms with E-state index in [4.69, 9.17) is 20.9 Å². The Morgan fingerprint density at radius 1 is 1.40 bits per heavy atom. The molecule has 0 saturated carbocycles. The minimum Gasteiger partial charge on any atom is -0.470 e. The number of amides is 1. The van der Waals surface area contributed by atoms with E-state index in [1.807, 2.05) is 20.8 Å². The number of carbonyl (C=O) groups is 1. The molecule has 1 aromatic rings. The maximum absolute atomic E-state index is 10.5. The molecule has 0 spiro atoms. The molecule has 1 aromatic heterocycles. The van der Waals surface area contributed by atoms with E-state index in [1.165, 1.54) is 0 Å². The molecular weight excluding hydrogens is 260 g/mol. The number of nitrogen functional groups attached to an aromatic ring is 1. The van der Waals surface area contributed by atoms with Gasteiger partial charge in [-0.15, -0.1) is 0 Å². The third-order valence-corrected chi connectivity index (χ3v) is 2.09. The summed E-state index contributed by atoms with van der Waals surface area (Å²) in [6, 6.07) is 3.47. The van der Waals surface area contributed by atoms with Gasteiger partial charge < -0.3 is 26.3 Å². The number of anilines is 2. The topological polar surface area (TPSA) is 112 Å². The van der Waals surface area contributed by atoms with Gasteiger partial charge in [0.15, 0.2) is 0 Å². The van der Waals surface area contributed by atoms with Gasteiger partial charge in [-0.2, -0.15) is 4.98 Å². The van der Waals surface area contributed by atoms with Crippen LogP contribution < -0.4 is 21.5 Å². The quantitative estimate of drug-likeness (QED) is 0.636. The van der Waals surface area contributed by atoms with Gasteiger partial charge in [0.25, 0.3) is 0 Å². The van der Waals surface area contributed by atoms with Crippen LogP contribution in [0.15, 0.2) is 12.1 Å². The molecule has 7 nitrogen and oxygen atoms in total. The summed E-state index contributed by atoms with van der Waals surface area (Å²) in [5, 5.41) is 3.05. The second-order valence-corrected chi connectivity index (χ2v) is 5.25. The summed E-state index contributed by atoms with van der Waals surface area (Å²) in [5.74, 6) is 0.526. The number of carbonyl (C=O) groups excluding carboxylic acids is 1. The van der Waals surface area contributed by atoms with E-state index >= 15 is 0 Å². The van der Waals surface area contributed by atoms with Crippen molar-refractivity contribution in [1.29, 1.82) is 0 Å². The number of nitrogens with one attached hydrogen (secondary N) is 1. The van der Waals surface area contributed by atoms with E-state index in [2.05, 4.69) is 10.3 Å². The molecule has 0 aromatic carbocycles. The smallest absolute Gasteiger partial charge is 0.243 e. The second-order valence-electron chi connectivity index (χ2n) is 5.25. The largest absolute Gasteiger partial charge is 0.470 e. The predicted octanol–water partition coefficient (Wildman–Crippen LogP) is 0.755. The molecule has 0 unspecified atom stereocenters. The number of rotatable bonds is 7.